The fourth-order valence-electron chi connectivity index (χ4n) is 2.25. The van der Waals surface area contributed by atoms with E-state index in [4.69, 9.17) is 4.74 Å². The van der Waals surface area contributed by atoms with Crippen molar-refractivity contribution in [1.29, 1.82) is 0 Å². The minimum atomic E-state index is -0.919. The minimum Gasteiger partial charge on any atom is -0.492 e. The summed E-state index contributed by atoms with van der Waals surface area (Å²) in [6, 6.07) is 9.63. The van der Waals surface area contributed by atoms with Crippen molar-refractivity contribution in [3.05, 3.63) is 54.1 Å². The molecule has 1 N–H and O–H groups in total. The van der Waals surface area contributed by atoms with Crippen molar-refractivity contribution in [1.82, 2.24) is 0 Å². The van der Waals surface area contributed by atoms with E-state index in [1.807, 2.05) is 6.92 Å². The maximum absolute atomic E-state index is 13.9. The molecule has 2 amide bonds. The lowest BCUT2D eigenvalue weighted by Crippen LogP contribution is -2.37. The first-order valence-corrected chi connectivity index (χ1v) is 7.67. The maximum atomic E-state index is 13.9. The molecular formula is C18H18F2N2O3. The lowest BCUT2D eigenvalue weighted by molar-refractivity contribution is -0.120. The van der Waals surface area contributed by atoms with Crippen LogP contribution in [0.1, 0.15) is 13.8 Å². The Hall–Kier alpha value is -2.96. The molecule has 0 heterocycles. The molecule has 0 aliphatic heterocycles. The van der Waals surface area contributed by atoms with Crippen LogP contribution in [-0.4, -0.2) is 25.0 Å². The molecule has 0 fully saturated rings. The summed E-state index contributed by atoms with van der Waals surface area (Å²) in [4.78, 5) is 25.0. The van der Waals surface area contributed by atoms with Gasteiger partial charge in [0.1, 0.15) is 23.9 Å². The highest BCUT2D eigenvalue weighted by Gasteiger charge is 2.20. The summed E-state index contributed by atoms with van der Waals surface area (Å²) in [7, 11) is 0. The Bertz CT molecular complexity index is 781. The van der Waals surface area contributed by atoms with Gasteiger partial charge in [-0.3, -0.25) is 9.59 Å². The van der Waals surface area contributed by atoms with Crippen molar-refractivity contribution in [3.8, 4) is 5.75 Å². The Labute approximate surface area is 144 Å². The predicted molar refractivity (Wildman–Crippen MR) is 90.6 cm³/mol. The molecule has 2 rings (SSSR count). The van der Waals surface area contributed by atoms with Crippen molar-refractivity contribution < 1.29 is 23.1 Å². The molecule has 0 radical (unpaired) electrons. The Balaban J connectivity index is 2.17. The molecule has 0 atom stereocenters. The van der Waals surface area contributed by atoms with Gasteiger partial charge in [-0.1, -0.05) is 12.1 Å². The predicted octanol–water partition coefficient (Wildman–Crippen LogP) is 3.36. The van der Waals surface area contributed by atoms with E-state index in [0.717, 1.165) is 17.0 Å². The quantitative estimate of drug-likeness (QED) is 0.871. The van der Waals surface area contributed by atoms with Crippen LogP contribution in [0.5, 0.6) is 5.75 Å². The van der Waals surface area contributed by atoms with Gasteiger partial charge < -0.3 is 15.0 Å². The highest BCUT2D eigenvalue weighted by atomic mass is 19.1. The maximum Gasteiger partial charge on any atom is 0.244 e. The highest BCUT2D eigenvalue weighted by molar-refractivity contribution is 6.02. The fourth-order valence-corrected chi connectivity index (χ4v) is 2.25. The van der Waals surface area contributed by atoms with Gasteiger partial charge in [-0.15, -0.1) is 0 Å². The number of nitrogens with one attached hydrogen (secondary N) is 1. The third-order valence-electron chi connectivity index (χ3n) is 3.34. The summed E-state index contributed by atoms with van der Waals surface area (Å²) < 4.78 is 32.4. The fraction of sp³-hybridized carbons (Fsp3) is 0.222. The van der Waals surface area contributed by atoms with Crippen LogP contribution < -0.4 is 15.0 Å². The van der Waals surface area contributed by atoms with Crippen LogP contribution in [0.3, 0.4) is 0 Å². The van der Waals surface area contributed by atoms with E-state index in [2.05, 4.69) is 5.32 Å². The number of rotatable bonds is 6. The number of halogens is 2. The van der Waals surface area contributed by atoms with E-state index >= 15 is 0 Å². The Kier molecular flexibility index (Phi) is 6.05. The summed E-state index contributed by atoms with van der Waals surface area (Å²) in [5.74, 6) is -2.27. The normalized spacial score (nSPS) is 10.2. The average molecular weight is 348 g/mol. The summed E-state index contributed by atoms with van der Waals surface area (Å²) in [6.45, 7) is 3.02. The van der Waals surface area contributed by atoms with Crippen molar-refractivity contribution >= 4 is 23.2 Å². The Morgan fingerprint density at radius 1 is 1.16 bits per heavy atom. The van der Waals surface area contributed by atoms with Gasteiger partial charge in [0.05, 0.1) is 18.0 Å². The number of ether oxygens (including phenoxy) is 1. The van der Waals surface area contributed by atoms with E-state index in [-0.39, 0.29) is 5.69 Å². The van der Waals surface area contributed by atoms with E-state index < -0.39 is 30.0 Å². The Morgan fingerprint density at radius 3 is 2.52 bits per heavy atom. The number of carbonyl (C=O) groups is 2. The van der Waals surface area contributed by atoms with Gasteiger partial charge in [0.2, 0.25) is 11.8 Å². The largest absolute Gasteiger partial charge is 0.492 e. The second-order valence-corrected chi connectivity index (χ2v) is 5.18. The van der Waals surface area contributed by atoms with Gasteiger partial charge >= 0.3 is 0 Å². The van der Waals surface area contributed by atoms with Crippen LogP contribution in [-0.2, 0) is 9.59 Å². The molecule has 0 spiro atoms. The van der Waals surface area contributed by atoms with Crippen LogP contribution in [0.15, 0.2) is 42.5 Å². The third-order valence-corrected chi connectivity index (χ3v) is 3.34. The molecule has 0 saturated carbocycles. The van der Waals surface area contributed by atoms with Crippen molar-refractivity contribution in [2.45, 2.75) is 13.8 Å². The first-order chi connectivity index (χ1) is 11.9. The summed E-state index contributed by atoms with van der Waals surface area (Å²) in [5, 5.41) is 2.63. The minimum absolute atomic E-state index is 0.165. The van der Waals surface area contributed by atoms with Gasteiger partial charge in [-0.05, 0) is 31.2 Å². The number of benzene rings is 2. The molecule has 132 valence electrons. The molecule has 0 saturated heterocycles. The van der Waals surface area contributed by atoms with Crippen molar-refractivity contribution in [3.63, 3.8) is 0 Å². The summed E-state index contributed by atoms with van der Waals surface area (Å²) in [5.41, 5.74) is 0.277. The number of carbonyl (C=O) groups excluding carboxylic acids is 2. The van der Waals surface area contributed by atoms with E-state index in [0.29, 0.717) is 24.1 Å². The number of anilines is 2. The Morgan fingerprint density at radius 2 is 1.88 bits per heavy atom. The van der Waals surface area contributed by atoms with Gasteiger partial charge in [0, 0.05) is 13.0 Å². The molecule has 2 aromatic rings. The van der Waals surface area contributed by atoms with E-state index in [1.165, 1.54) is 6.92 Å². The zero-order valence-electron chi connectivity index (χ0n) is 13.9. The standard InChI is InChI=1S/C18H18F2N2O3/c1-3-25-17-7-5-4-6-15(17)21-18(24)11-22(12(2)23)16-9-8-13(19)10-14(16)20/h4-10H,3,11H2,1-2H3,(H,21,24). The smallest absolute Gasteiger partial charge is 0.244 e. The lowest BCUT2D eigenvalue weighted by atomic mass is 10.2. The van der Waals surface area contributed by atoms with Crippen LogP contribution in [0.2, 0.25) is 0 Å². The second-order valence-electron chi connectivity index (χ2n) is 5.18. The van der Waals surface area contributed by atoms with Crippen LogP contribution >= 0.6 is 0 Å². The van der Waals surface area contributed by atoms with E-state index in [9.17, 15) is 18.4 Å². The van der Waals surface area contributed by atoms with Crippen LogP contribution in [0, 0.1) is 11.6 Å². The number of nitrogens with zero attached hydrogens (tertiary/aromatic N) is 1. The van der Waals surface area contributed by atoms with Gasteiger partial charge in [-0.2, -0.15) is 0 Å². The monoisotopic (exact) mass is 348 g/mol. The molecule has 5 nitrogen and oxygen atoms in total. The van der Waals surface area contributed by atoms with Crippen molar-refractivity contribution in [2.24, 2.45) is 0 Å². The molecule has 0 aliphatic rings. The molecule has 7 heteroatoms. The third kappa shape index (κ3) is 4.76. The van der Waals surface area contributed by atoms with Crippen LogP contribution in [0.4, 0.5) is 20.2 Å². The molecule has 0 aliphatic carbocycles. The zero-order valence-corrected chi connectivity index (χ0v) is 13.9. The molecular weight excluding hydrogens is 330 g/mol. The van der Waals surface area contributed by atoms with Gasteiger partial charge in [-0.25, -0.2) is 8.78 Å². The SMILES string of the molecule is CCOc1ccccc1NC(=O)CN(C(C)=O)c1ccc(F)cc1F. The van der Waals surface area contributed by atoms with E-state index in [1.54, 1.807) is 24.3 Å². The van der Waals surface area contributed by atoms with Gasteiger partial charge in [0.15, 0.2) is 0 Å². The van der Waals surface area contributed by atoms with Crippen LogP contribution in [0.25, 0.3) is 0 Å². The molecule has 2 aromatic carbocycles. The molecule has 0 aromatic heterocycles. The number of amides is 2. The van der Waals surface area contributed by atoms with Gasteiger partial charge in [0.25, 0.3) is 0 Å². The second kappa shape index (κ2) is 8.23. The number of para-hydroxylation sites is 2. The first-order valence-electron chi connectivity index (χ1n) is 7.67. The van der Waals surface area contributed by atoms with Crippen molar-refractivity contribution in [2.75, 3.05) is 23.4 Å². The summed E-state index contributed by atoms with van der Waals surface area (Å²) in [6.07, 6.45) is 0. The highest BCUT2D eigenvalue weighted by Crippen LogP contribution is 2.24. The molecule has 25 heavy (non-hydrogen) atoms. The molecule has 0 unspecified atom stereocenters. The average Bonchev–Trinajstić information content (AvgIpc) is 2.55. The number of hydrogen-bond acceptors (Lipinski definition) is 3. The number of hydrogen-bond donors (Lipinski definition) is 1. The topological polar surface area (TPSA) is 58.6 Å². The zero-order chi connectivity index (χ0) is 18.4. The molecule has 0 bridgehead atoms. The lowest BCUT2D eigenvalue weighted by Gasteiger charge is -2.21. The summed E-state index contributed by atoms with van der Waals surface area (Å²) >= 11 is 0. The first kappa shape index (κ1) is 18.4.